The summed E-state index contributed by atoms with van der Waals surface area (Å²) < 4.78 is 11.9. The summed E-state index contributed by atoms with van der Waals surface area (Å²) in [5.74, 6) is 0.445. The molecule has 2 fully saturated rings. The van der Waals surface area contributed by atoms with Crippen LogP contribution >= 0.6 is 11.6 Å². The molecule has 2 aliphatic heterocycles. The maximum Gasteiger partial charge on any atom is 0.255 e. The first kappa shape index (κ1) is 20.9. The van der Waals surface area contributed by atoms with Crippen molar-refractivity contribution in [2.24, 2.45) is 0 Å². The van der Waals surface area contributed by atoms with Crippen LogP contribution in [0.25, 0.3) is 0 Å². The maximum atomic E-state index is 12.9. The molecule has 2 amide bonds. The Morgan fingerprint density at radius 1 is 1.25 bits per heavy atom. The number of piperidine rings is 1. The first-order chi connectivity index (χ1) is 13.2. The molecule has 3 rings (SSSR count). The molecule has 154 valence electrons. The van der Waals surface area contributed by atoms with Crippen molar-refractivity contribution in [2.75, 3.05) is 19.7 Å². The number of hydrogen-bond donors (Lipinski definition) is 1. The van der Waals surface area contributed by atoms with Crippen molar-refractivity contribution in [3.63, 3.8) is 0 Å². The van der Waals surface area contributed by atoms with Gasteiger partial charge in [-0.15, -0.1) is 0 Å². The Morgan fingerprint density at radius 3 is 2.61 bits per heavy atom. The third-order valence-electron chi connectivity index (χ3n) is 5.40. The van der Waals surface area contributed by atoms with Crippen LogP contribution in [0.15, 0.2) is 18.2 Å². The number of halogens is 1. The van der Waals surface area contributed by atoms with E-state index in [1.807, 2.05) is 18.7 Å². The monoisotopic (exact) mass is 408 g/mol. The lowest BCUT2D eigenvalue weighted by Gasteiger charge is -2.36. The number of likely N-dealkylation sites (tertiary alicyclic amines) is 1. The topological polar surface area (TPSA) is 67.9 Å². The molecule has 1 N–H and O–H groups in total. The lowest BCUT2D eigenvalue weighted by atomic mass is 9.93. The van der Waals surface area contributed by atoms with Gasteiger partial charge in [-0.05, 0) is 44.9 Å². The average Bonchev–Trinajstić information content (AvgIpc) is 2.62. The molecule has 2 heterocycles. The quantitative estimate of drug-likeness (QED) is 0.828. The maximum absolute atomic E-state index is 12.9. The number of carbonyl (C=O) groups is 2. The van der Waals surface area contributed by atoms with Crippen molar-refractivity contribution >= 4 is 23.4 Å². The average molecular weight is 409 g/mol. The van der Waals surface area contributed by atoms with E-state index in [9.17, 15) is 9.59 Å². The van der Waals surface area contributed by atoms with Crippen LogP contribution < -0.4 is 10.1 Å². The van der Waals surface area contributed by atoms with Gasteiger partial charge in [-0.3, -0.25) is 9.59 Å². The fourth-order valence-electron chi connectivity index (χ4n) is 3.87. The Hall–Kier alpha value is -1.79. The Labute approximate surface area is 171 Å². The number of rotatable bonds is 4. The molecule has 0 radical (unpaired) electrons. The molecule has 7 heteroatoms. The summed E-state index contributed by atoms with van der Waals surface area (Å²) in [6.07, 6.45) is 3.02. The Morgan fingerprint density at radius 2 is 1.96 bits per heavy atom. The van der Waals surface area contributed by atoms with E-state index < -0.39 is 0 Å². The second kappa shape index (κ2) is 8.70. The van der Waals surface area contributed by atoms with E-state index in [2.05, 4.69) is 5.32 Å². The van der Waals surface area contributed by atoms with Gasteiger partial charge in [0.15, 0.2) is 0 Å². The van der Waals surface area contributed by atoms with Gasteiger partial charge in [0.25, 0.3) is 5.91 Å². The van der Waals surface area contributed by atoms with Crippen LogP contribution in [0.4, 0.5) is 0 Å². The van der Waals surface area contributed by atoms with Crippen molar-refractivity contribution in [3.05, 3.63) is 28.8 Å². The van der Waals surface area contributed by atoms with Crippen LogP contribution in [0, 0.1) is 0 Å². The number of benzene rings is 1. The highest BCUT2D eigenvalue weighted by Gasteiger charge is 2.31. The summed E-state index contributed by atoms with van der Waals surface area (Å²) in [6.45, 7) is 7.63. The molecular weight excluding hydrogens is 380 g/mol. The zero-order chi connectivity index (χ0) is 20.3. The minimum Gasteiger partial charge on any atom is -0.489 e. The highest BCUT2D eigenvalue weighted by atomic mass is 35.5. The first-order valence-corrected chi connectivity index (χ1v) is 10.3. The fourth-order valence-corrected chi connectivity index (χ4v) is 4.04. The van der Waals surface area contributed by atoms with Crippen LogP contribution in [0.2, 0.25) is 5.02 Å². The van der Waals surface area contributed by atoms with Gasteiger partial charge in [-0.2, -0.15) is 0 Å². The van der Waals surface area contributed by atoms with Crippen molar-refractivity contribution in [1.82, 2.24) is 10.2 Å². The number of nitrogens with one attached hydrogen (secondary N) is 1. The van der Waals surface area contributed by atoms with Crippen molar-refractivity contribution in [2.45, 2.75) is 64.2 Å². The van der Waals surface area contributed by atoms with Crippen LogP contribution in [-0.4, -0.2) is 54.2 Å². The fraction of sp³-hybridized carbons (Fsp3) is 0.619. The lowest BCUT2D eigenvalue weighted by Crippen LogP contribution is -2.46. The molecule has 0 unspecified atom stereocenters. The van der Waals surface area contributed by atoms with Gasteiger partial charge in [0.1, 0.15) is 11.9 Å². The molecular formula is C21H29ClN2O4. The highest BCUT2D eigenvalue weighted by molar-refractivity contribution is 6.31. The van der Waals surface area contributed by atoms with Gasteiger partial charge in [-0.25, -0.2) is 0 Å². The summed E-state index contributed by atoms with van der Waals surface area (Å²) in [5.41, 5.74) is 0.208. The number of hydrogen-bond acceptors (Lipinski definition) is 4. The van der Waals surface area contributed by atoms with E-state index in [-0.39, 0.29) is 29.6 Å². The summed E-state index contributed by atoms with van der Waals surface area (Å²) >= 11 is 6.15. The summed E-state index contributed by atoms with van der Waals surface area (Å²) in [4.78, 5) is 26.2. The molecule has 28 heavy (non-hydrogen) atoms. The van der Waals surface area contributed by atoms with Gasteiger partial charge in [0.2, 0.25) is 5.91 Å². The SMILES string of the molecule is CC(=O)N1CCC(Oc2ccc(Cl)cc2C(=O)N[C@@H]2CCOC(C)(C)C2)CC1. The normalized spacial score (nSPS) is 22.6. The van der Waals surface area contributed by atoms with Gasteiger partial charge in [0.05, 0.1) is 11.2 Å². The second-order valence-corrected chi connectivity index (χ2v) is 8.67. The molecule has 0 aliphatic carbocycles. The van der Waals surface area contributed by atoms with E-state index in [1.165, 1.54) is 0 Å². The Kier molecular flexibility index (Phi) is 6.50. The molecule has 2 aliphatic rings. The molecule has 1 aromatic carbocycles. The smallest absolute Gasteiger partial charge is 0.255 e. The third-order valence-corrected chi connectivity index (χ3v) is 5.63. The molecule has 1 aromatic rings. The lowest BCUT2D eigenvalue weighted by molar-refractivity contribution is -0.130. The molecule has 1 atom stereocenters. The predicted molar refractivity (Wildman–Crippen MR) is 108 cm³/mol. The number of nitrogens with zero attached hydrogens (tertiary/aromatic N) is 1. The molecule has 0 saturated carbocycles. The Bertz CT molecular complexity index is 729. The molecule has 2 saturated heterocycles. The van der Waals surface area contributed by atoms with Crippen molar-refractivity contribution in [1.29, 1.82) is 0 Å². The van der Waals surface area contributed by atoms with Crippen molar-refractivity contribution < 1.29 is 19.1 Å². The summed E-state index contributed by atoms with van der Waals surface area (Å²) in [6, 6.07) is 5.20. The van der Waals surface area contributed by atoms with Crippen LogP contribution in [-0.2, 0) is 9.53 Å². The molecule has 0 spiro atoms. The largest absolute Gasteiger partial charge is 0.489 e. The van der Waals surface area contributed by atoms with Gasteiger partial charge >= 0.3 is 0 Å². The zero-order valence-corrected chi connectivity index (χ0v) is 17.6. The zero-order valence-electron chi connectivity index (χ0n) is 16.8. The van der Waals surface area contributed by atoms with E-state index in [4.69, 9.17) is 21.1 Å². The van der Waals surface area contributed by atoms with E-state index >= 15 is 0 Å². The van der Waals surface area contributed by atoms with Crippen LogP contribution in [0.5, 0.6) is 5.75 Å². The summed E-state index contributed by atoms with van der Waals surface area (Å²) in [7, 11) is 0. The minimum atomic E-state index is -0.242. The van der Waals surface area contributed by atoms with Gasteiger partial charge < -0.3 is 19.7 Å². The molecule has 0 bridgehead atoms. The van der Waals surface area contributed by atoms with E-state index in [0.29, 0.717) is 36.0 Å². The standard InChI is InChI=1S/C21H29ClN2O4/c1-14(25)24-9-6-17(7-10-24)28-19-5-4-15(22)12-18(19)20(26)23-16-8-11-27-21(2,3)13-16/h4-5,12,16-17H,6-11,13H2,1-3H3,(H,23,26)/t16-/m1/s1. The van der Waals surface area contributed by atoms with E-state index in [0.717, 1.165) is 25.7 Å². The van der Waals surface area contributed by atoms with Gasteiger partial charge in [0, 0.05) is 50.5 Å². The number of ether oxygens (including phenoxy) is 2. The second-order valence-electron chi connectivity index (χ2n) is 8.24. The number of amides is 2. The van der Waals surface area contributed by atoms with Crippen LogP contribution in [0.1, 0.15) is 56.8 Å². The molecule has 6 nitrogen and oxygen atoms in total. The summed E-state index contributed by atoms with van der Waals surface area (Å²) in [5, 5.41) is 3.60. The van der Waals surface area contributed by atoms with Crippen LogP contribution in [0.3, 0.4) is 0 Å². The Balaban J connectivity index is 1.67. The molecule has 0 aromatic heterocycles. The minimum absolute atomic E-state index is 0.0228. The third kappa shape index (κ3) is 5.39. The number of carbonyl (C=O) groups excluding carboxylic acids is 2. The van der Waals surface area contributed by atoms with E-state index in [1.54, 1.807) is 25.1 Å². The van der Waals surface area contributed by atoms with Crippen molar-refractivity contribution in [3.8, 4) is 5.75 Å². The highest BCUT2D eigenvalue weighted by Crippen LogP contribution is 2.28. The first-order valence-electron chi connectivity index (χ1n) is 9.90. The van der Waals surface area contributed by atoms with Gasteiger partial charge in [-0.1, -0.05) is 11.6 Å². The predicted octanol–water partition coefficient (Wildman–Crippen LogP) is 3.42.